The molecule has 9 nitrogen and oxygen atoms in total. The van der Waals surface area contributed by atoms with Crippen molar-refractivity contribution in [3.8, 4) is 11.4 Å². The molecule has 3 aromatic heterocycles. The third-order valence-electron chi connectivity index (χ3n) is 5.26. The van der Waals surface area contributed by atoms with Crippen molar-refractivity contribution in [2.75, 3.05) is 31.2 Å². The van der Waals surface area contributed by atoms with Crippen LogP contribution in [0, 0.1) is 0 Å². The first-order chi connectivity index (χ1) is 15.1. The lowest BCUT2D eigenvalue weighted by atomic mass is 10.1. The van der Waals surface area contributed by atoms with Crippen LogP contribution in [-0.4, -0.2) is 63.6 Å². The highest BCUT2D eigenvalue weighted by molar-refractivity contribution is 7.19. The van der Waals surface area contributed by atoms with Crippen molar-refractivity contribution in [1.82, 2.24) is 25.5 Å². The normalized spacial score (nSPS) is 15.5. The van der Waals surface area contributed by atoms with Gasteiger partial charge in [0.2, 0.25) is 5.91 Å². The van der Waals surface area contributed by atoms with Gasteiger partial charge in [-0.05, 0) is 19.1 Å². The maximum absolute atomic E-state index is 11.8. The lowest BCUT2D eigenvalue weighted by molar-refractivity contribution is -0.128. The third-order valence-corrected chi connectivity index (χ3v) is 6.38. The number of thiophene rings is 1. The molecule has 3 N–H and O–H groups in total. The zero-order valence-electron chi connectivity index (χ0n) is 17.0. The van der Waals surface area contributed by atoms with Gasteiger partial charge in [0.05, 0.1) is 41.7 Å². The Bertz CT molecular complexity index is 1240. The summed E-state index contributed by atoms with van der Waals surface area (Å²) in [6.45, 7) is 4.60. The van der Waals surface area contributed by atoms with Gasteiger partial charge >= 0.3 is 0 Å². The first-order valence-corrected chi connectivity index (χ1v) is 10.9. The van der Waals surface area contributed by atoms with Crippen molar-refractivity contribution >= 4 is 44.2 Å². The Morgan fingerprint density at radius 3 is 3.00 bits per heavy atom. The van der Waals surface area contributed by atoms with Gasteiger partial charge in [-0.2, -0.15) is 5.10 Å². The maximum atomic E-state index is 11.8. The minimum atomic E-state index is -1.04. The molecule has 0 radical (unpaired) electrons. The van der Waals surface area contributed by atoms with E-state index < -0.39 is 12.0 Å². The molecule has 1 aromatic carbocycles. The number of aromatic amines is 1. The fraction of sp³-hybridized carbons (Fsp3) is 0.333. The number of hydrogen-bond acceptors (Lipinski definition) is 8. The number of nitrogens with one attached hydrogen (secondary N) is 2. The van der Waals surface area contributed by atoms with Crippen LogP contribution < -0.4 is 10.2 Å². The standard InChI is InChI=1S/C21H22N6O3S/c1-12(28)21(29)22-10-13-9-17-18(31-13)20(27-5-7-30-8-6-27)25-19(24-17)14-3-2-4-16-15(14)11-23-26-16/h2-4,9,11-12,28H,5-8,10H2,1H3,(H,22,29)(H,23,26). The number of H-pyrrole nitrogens is 1. The molecule has 1 fully saturated rings. The van der Waals surface area contributed by atoms with Crippen molar-refractivity contribution in [3.05, 3.63) is 35.3 Å². The molecule has 10 heteroatoms. The van der Waals surface area contributed by atoms with E-state index in [1.165, 1.54) is 6.92 Å². The first-order valence-electron chi connectivity index (χ1n) is 10.1. The Morgan fingerprint density at radius 2 is 2.19 bits per heavy atom. The van der Waals surface area contributed by atoms with Gasteiger partial charge < -0.3 is 20.1 Å². The van der Waals surface area contributed by atoms with Gasteiger partial charge in [-0.1, -0.05) is 12.1 Å². The second kappa shape index (κ2) is 8.22. The lowest BCUT2D eigenvalue weighted by Gasteiger charge is -2.28. The van der Waals surface area contributed by atoms with E-state index in [0.717, 1.165) is 50.5 Å². The van der Waals surface area contributed by atoms with Crippen molar-refractivity contribution < 1.29 is 14.6 Å². The van der Waals surface area contributed by atoms with Crippen LogP contribution in [0.25, 0.3) is 32.5 Å². The number of aromatic nitrogens is 4. The Kier molecular flexibility index (Phi) is 5.26. The van der Waals surface area contributed by atoms with E-state index in [0.29, 0.717) is 25.6 Å². The number of amides is 1. The summed E-state index contributed by atoms with van der Waals surface area (Å²) < 4.78 is 6.50. The molecule has 1 aliphatic heterocycles. The quantitative estimate of drug-likeness (QED) is 0.437. The Balaban J connectivity index is 1.60. The van der Waals surface area contributed by atoms with Gasteiger partial charge in [-0.3, -0.25) is 9.89 Å². The molecule has 5 rings (SSSR count). The minimum Gasteiger partial charge on any atom is -0.384 e. The number of ether oxygens (including phenoxy) is 1. The Labute approximate surface area is 182 Å². The number of hydrogen-bond donors (Lipinski definition) is 3. The number of carbonyl (C=O) groups is 1. The molecular formula is C21H22N6O3S. The summed E-state index contributed by atoms with van der Waals surface area (Å²) in [5.41, 5.74) is 2.68. The average Bonchev–Trinajstić information content (AvgIpc) is 3.43. The van der Waals surface area contributed by atoms with Crippen molar-refractivity contribution in [2.24, 2.45) is 0 Å². The zero-order chi connectivity index (χ0) is 21.4. The third kappa shape index (κ3) is 3.85. The number of fused-ring (bicyclic) bond motifs is 2. The fourth-order valence-electron chi connectivity index (χ4n) is 3.65. The maximum Gasteiger partial charge on any atom is 0.248 e. The van der Waals surface area contributed by atoms with Crippen LogP contribution in [0.2, 0.25) is 0 Å². The zero-order valence-corrected chi connectivity index (χ0v) is 17.8. The Morgan fingerprint density at radius 1 is 1.35 bits per heavy atom. The molecule has 4 heterocycles. The Hall–Kier alpha value is -3.08. The van der Waals surface area contributed by atoms with E-state index in [1.807, 2.05) is 24.3 Å². The molecule has 0 aliphatic carbocycles. The highest BCUT2D eigenvalue weighted by atomic mass is 32.1. The molecule has 160 valence electrons. The summed E-state index contributed by atoms with van der Waals surface area (Å²) in [7, 11) is 0. The predicted molar refractivity (Wildman–Crippen MR) is 119 cm³/mol. The molecule has 1 amide bonds. The molecule has 1 atom stereocenters. The molecule has 0 bridgehead atoms. The number of nitrogens with zero attached hydrogens (tertiary/aromatic N) is 4. The summed E-state index contributed by atoms with van der Waals surface area (Å²) >= 11 is 1.56. The molecule has 0 spiro atoms. The number of aliphatic hydroxyl groups excluding tert-OH is 1. The van der Waals surface area contributed by atoms with E-state index in [-0.39, 0.29) is 0 Å². The average molecular weight is 439 g/mol. The highest BCUT2D eigenvalue weighted by Crippen LogP contribution is 2.35. The van der Waals surface area contributed by atoms with Crippen molar-refractivity contribution in [3.63, 3.8) is 0 Å². The highest BCUT2D eigenvalue weighted by Gasteiger charge is 2.21. The van der Waals surface area contributed by atoms with Gasteiger partial charge in [0.1, 0.15) is 6.10 Å². The van der Waals surface area contributed by atoms with Crippen LogP contribution >= 0.6 is 11.3 Å². The van der Waals surface area contributed by atoms with E-state index in [2.05, 4.69) is 20.4 Å². The van der Waals surface area contributed by atoms with Crippen LogP contribution in [0.5, 0.6) is 0 Å². The number of aliphatic hydroxyl groups is 1. The van der Waals surface area contributed by atoms with Crippen LogP contribution in [-0.2, 0) is 16.1 Å². The van der Waals surface area contributed by atoms with Gasteiger partial charge in [-0.15, -0.1) is 11.3 Å². The summed E-state index contributed by atoms with van der Waals surface area (Å²) in [5, 5.41) is 20.3. The topological polar surface area (TPSA) is 116 Å². The summed E-state index contributed by atoms with van der Waals surface area (Å²) in [5.74, 6) is 1.12. The van der Waals surface area contributed by atoms with Gasteiger partial charge in [0, 0.05) is 28.9 Å². The van der Waals surface area contributed by atoms with E-state index in [9.17, 15) is 9.90 Å². The van der Waals surface area contributed by atoms with E-state index >= 15 is 0 Å². The van der Waals surface area contributed by atoms with Crippen LogP contribution in [0.3, 0.4) is 0 Å². The van der Waals surface area contributed by atoms with E-state index in [1.54, 1.807) is 17.5 Å². The van der Waals surface area contributed by atoms with E-state index in [4.69, 9.17) is 14.7 Å². The minimum absolute atomic E-state index is 0.333. The first kappa shape index (κ1) is 19.9. The van der Waals surface area contributed by atoms with Crippen LogP contribution in [0.15, 0.2) is 30.5 Å². The van der Waals surface area contributed by atoms with Gasteiger partial charge in [0.25, 0.3) is 0 Å². The van der Waals surface area contributed by atoms with Crippen LogP contribution in [0.1, 0.15) is 11.8 Å². The number of rotatable bonds is 5. The second-order valence-corrected chi connectivity index (χ2v) is 8.56. The predicted octanol–water partition coefficient (Wildman–Crippen LogP) is 2.07. The second-order valence-electron chi connectivity index (χ2n) is 7.43. The van der Waals surface area contributed by atoms with Crippen molar-refractivity contribution in [2.45, 2.75) is 19.6 Å². The molecular weight excluding hydrogens is 416 g/mol. The fourth-order valence-corrected chi connectivity index (χ4v) is 4.70. The number of anilines is 1. The number of benzene rings is 1. The smallest absolute Gasteiger partial charge is 0.248 e. The summed E-state index contributed by atoms with van der Waals surface area (Å²) in [4.78, 5) is 24.8. The monoisotopic (exact) mass is 438 g/mol. The molecule has 1 aliphatic rings. The molecule has 0 saturated carbocycles. The summed E-state index contributed by atoms with van der Waals surface area (Å²) in [6.07, 6.45) is 0.747. The number of morpholine rings is 1. The molecule has 1 unspecified atom stereocenters. The summed E-state index contributed by atoms with van der Waals surface area (Å²) in [6, 6.07) is 7.91. The van der Waals surface area contributed by atoms with Gasteiger partial charge in [-0.25, -0.2) is 9.97 Å². The van der Waals surface area contributed by atoms with Gasteiger partial charge in [0.15, 0.2) is 11.6 Å². The molecule has 1 saturated heterocycles. The van der Waals surface area contributed by atoms with Crippen molar-refractivity contribution in [1.29, 1.82) is 0 Å². The SMILES string of the molecule is CC(O)C(=O)NCc1cc2nc(-c3cccc4[nH]ncc34)nc(N3CCOCC3)c2s1. The van der Waals surface area contributed by atoms with Crippen LogP contribution in [0.4, 0.5) is 5.82 Å². The number of carbonyl (C=O) groups excluding carboxylic acids is 1. The lowest BCUT2D eigenvalue weighted by Crippen LogP contribution is -2.36. The largest absolute Gasteiger partial charge is 0.384 e. The molecule has 31 heavy (non-hydrogen) atoms. The molecule has 4 aromatic rings.